The molecular weight excluding hydrogens is 233 g/mol. The van der Waals surface area contributed by atoms with Crippen LogP contribution >= 0.6 is 0 Å². The maximum Gasteiger partial charge on any atom is 0.131 e. The van der Waals surface area contributed by atoms with Gasteiger partial charge in [0.2, 0.25) is 0 Å². The zero-order valence-electron chi connectivity index (χ0n) is 9.88. The molecule has 4 heteroatoms. The standard InChI is InChI=1S/C14H16FNO2/c15-12-6-5-11(14(18)13(17)7-8-16)9-3-1-2-4-10(9)12/h1-6,13-14,17-18H,7-8,16H2. The number of aliphatic hydroxyl groups excluding tert-OH is 2. The predicted molar refractivity (Wildman–Crippen MR) is 68.5 cm³/mol. The summed E-state index contributed by atoms with van der Waals surface area (Å²) >= 11 is 0. The third-order valence-electron chi connectivity index (χ3n) is 3.05. The molecule has 2 aromatic rings. The fourth-order valence-corrected chi connectivity index (χ4v) is 2.08. The second-order valence-corrected chi connectivity index (χ2v) is 4.27. The number of hydrogen-bond acceptors (Lipinski definition) is 3. The Hall–Kier alpha value is -1.49. The van der Waals surface area contributed by atoms with E-state index < -0.39 is 12.2 Å². The molecule has 0 heterocycles. The van der Waals surface area contributed by atoms with E-state index >= 15 is 0 Å². The fraction of sp³-hybridized carbons (Fsp3) is 0.286. The van der Waals surface area contributed by atoms with E-state index in [0.717, 1.165) is 0 Å². The number of halogens is 1. The Morgan fingerprint density at radius 2 is 1.72 bits per heavy atom. The summed E-state index contributed by atoms with van der Waals surface area (Å²) in [6.45, 7) is 0.289. The van der Waals surface area contributed by atoms with Gasteiger partial charge in [0.15, 0.2) is 0 Å². The molecule has 0 bridgehead atoms. The third-order valence-corrected chi connectivity index (χ3v) is 3.05. The first-order valence-corrected chi connectivity index (χ1v) is 5.88. The minimum absolute atomic E-state index is 0.289. The summed E-state index contributed by atoms with van der Waals surface area (Å²) in [5, 5.41) is 20.9. The first-order chi connectivity index (χ1) is 8.65. The van der Waals surface area contributed by atoms with Crippen LogP contribution in [0.25, 0.3) is 10.8 Å². The second-order valence-electron chi connectivity index (χ2n) is 4.27. The average Bonchev–Trinajstić information content (AvgIpc) is 2.39. The molecule has 0 aliphatic carbocycles. The van der Waals surface area contributed by atoms with Crippen LogP contribution in [-0.4, -0.2) is 22.9 Å². The van der Waals surface area contributed by atoms with Gasteiger partial charge in [-0.25, -0.2) is 4.39 Å². The first kappa shape index (κ1) is 13.0. The van der Waals surface area contributed by atoms with Gasteiger partial charge in [0, 0.05) is 5.39 Å². The molecule has 2 unspecified atom stereocenters. The molecule has 18 heavy (non-hydrogen) atoms. The minimum Gasteiger partial charge on any atom is -0.390 e. The summed E-state index contributed by atoms with van der Waals surface area (Å²) in [4.78, 5) is 0. The summed E-state index contributed by atoms with van der Waals surface area (Å²) in [5.74, 6) is -0.338. The molecule has 4 N–H and O–H groups in total. The lowest BCUT2D eigenvalue weighted by Gasteiger charge is -2.19. The van der Waals surface area contributed by atoms with Crippen molar-refractivity contribution in [3.63, 3.8) is 0 Å². The van der Waals surface area contributed by atoms with Crippen molar-refractivity contribution in [2.75, 3.05) is 6.54 Å². The van der Waals surface area contributed by atoms with Crippen molar-refractivity contribution >= 4 is 10.8 Å². The van der Waals surface area contributed by atoms with Gasteiger partial charge in [-0.2, -0.15) is 0 Å². The molecule has 0 aliphatic rings. The van der Waals surface area contributed by atoms with Gasteiger partial charge in [-0.1, -0.05) is 30.3 Å². The van der Waals surface area contributed by atoms with Crippen molar-refractivity contribution in [3.05, 3.63) is 47.8 Å². The summed E-state index contributed by atoms with van der Waals surface area (Å²) in [6, 6.07) is 9.69. The molecule has 0 radical (unpaired) electrons. The van der Waals surface area contributed by atoms with Gasteiger partial charge >= 0.3 is 0 Å². The van der Waals surface area contributed by atoms with Crippen molar-refractivity contribution in [2.45, 2.75) is 18.6 Å². The fourth-order valence-electron chi connectivity index (χ4n) is 2.08. The predicted octanol–water partition coefficient (Wildman–Crippen LogP) is 1.72. The Morgan fingerprint density at radius 3 is 2.39 bits per heavy atom. The molecule has 0 spiro atoms. The van der Waals surface area contributed by atoms with Crippen molar-refractivity contribution < 1.29 is 14.6 Å². The minimum atomic E-state index is -1.06. The molecule has 0 aliphatic heterocycles. The molecule has 2 atom stereocenters. The Balaban J connectivity index is 2.48. The third kappa shape index (κ3) is 2.36. The van der Waals surface area contributed by atoms with E-state index in [1.54, 1.807) is 24.3 Å². The monoisotopic (exact) mass is 249 g/mol. The summed E-state index contributed by atoms with van der Waals surface area (Å²) < 4.78 is 13.6. The smallest absolute Gasteiger partial charge is 0.131 e. The highest BCUT2D eigenvalue weighted by atomic mass is 19.1. The number of rotatable bonds is 4. The van der Waals surface area contributed by atoms with Crippen LogP contribution in [0.15, 0.2) is 36.4 Å². The second kappa shape index (κ2) is 5.44. The Kier molecular flexibility index (Phi) is 3.91. The van der Waals surface area contributed by atoms with Gasteiger partial charge in [0.25, 0.3) is 0 Å². The molecule has 0 saturated carbocycles. The van der Waals surface area contributed by atoms with E-state index in [1.807, 2.05) is 0 Å². The van der Waals surface area contributed by atoms with Gasteiger partial charge in [-0.05, 0) is 30.0 Å². The maximum absolute atomic E-state index is 13.6. The van der Waals surface area contributed by atoms with Crippen LogP contribution in [0.2, 0.25) is 0 Å². The average molecular weight is 249 g/mol. The quantitative estimate of drug-likeness (QED) is 0.773. The zero-order valence-corrected chi connectivity index (χ0v) is 9.88. The number of fused-ring (bicyclic) bond motifs is 1. The molecule has 3 nitrogen and oxygen atoms in total. The largest absolute Gasteiger partial charge is 0.390 e. The number of nitrogens with two attached hydrogens (primary N) is 1. The molecular formula is C14H16FNO2. The van der Waals surface area contributed by atoms with Crippen LogP contribution in [-0.2, 0) is 0 Å². The van der Waals surface area contributed by atoms with E-state index in [0.29, 0.717) is 22.8 Å². The van der Waals surface area contributed by atoms with Crippen LogP contribution < -0.4 is 5.73 Å². The molecule has 0 amide bonds. The Labute approximate surface area is 105 Å². The van der Waals surface area contributed by atoms with Crippen molar-refractivity contribution in [1.29, 1.82) is 0 Å². The van der Waals surface area contributed by atoms with Crippen molar-refractivity contribution in [1.82, 2.24) is 0 Å². The maximum atomic E-state index is 13.6. The van der Waals surface area contributed by atoms with Gasteiger partial charge in [-0.3, -0.25) is 0 Å². The zero-order chi connectivity index (χ0) is 13.1. The molecule has 0 saturated heterocycles. The summed E-state index contributed by atoms with van der Waals surface area (Å²) in [7, 11) is 0. The van der Waals surface area contributed by atoms with Crippen molar-refractivity contribution in [2.24, 2.45) is 5.73 Å². The van der Waals surface area contributed by atoms with E-state index in [2.05, 4.69) is 0 Å². The van der Waals surface area contributed by atoms with Crippen LogP contribution in [0, 0.1) is 5.82 Å². The first-order valence-electron chi connectivity index (χ1n) is 5.88. The lowest BCUT2D eigenvalue weighted by atomic mass is 9.96. The highest BCUT2D eigenvalue weighted by Crippen LogP contribution is 2.28. The van der Waals surface area contributed by atoms with Crippen LogP contribution in [0.4, 0.5) is 4.39 Å². The molecule has 0 fully saturated rings. The lowest BCUT2D eigenvalue weighted by Crippen LogP contribution is -2.22. The number of aliphatic hydroxyl groups is 2. The van der Waals surface area contributed by atoms with Gasteiger partial charge in [-0.15, -0.1) is 0 Å². The van der Waals surface area contributed by atoms with Gasteiger partial charge < -0.3 is 15.9 Å². The number of hydrogen-bond donors (Lipinski definition) is 3. The summed E-state index contributed by atoms with van der Waals surface area (Å²) in [5.41, 5.74) is 5.87. The Bertz CT molecular complexity index is 544. The molecule has 2 rings (SSSR count). The SMILES string of the molecule is NCCC(O)C(O)c1ccc(F)c2ccccc12. The van der Waals surface area contributed by atoms with E-state index in [4.69, 9.17) is 5.73 Å². The van der Waals surface area contributed by atoms with E-state index in [1.165, 1.54) is 12.1 Å². The number of benzene rings is 2. The Morgan fingerprint density at radius 1 is 1.06 bits per heavy atom. The van der Waals surface area contributed by atoms with Crippen LogP contribution in [0.5, 0.6) is 0 Å². The summed E-state index contributed by atoms with van der Waals surface area (Å²) in [6.07, 6.45) is -1.70. The molecule has 2 aromatic carbocycles. The van der Waals surface area contributed by atoms with E-state index in [9.17, 15) is 14.6 Å². The van der Waals surface area contributed by atoms with Crippen LogP contribution in [0.1, 0.15) is 18.1 Å². The lowest BCUT2D eigenvalue weighted by molar-refractivity contribution is 0.0158. The van der Waals surface area contributed by atoms with Gasteiger partial charge in [0.05, 0.1) is 6.10 Å². The van der Waals surface area contributed by atoms with E-state index in [-0.39, 0.29) is 12.4 Å². The normalized spacial score (nSPS) is 14.7. The molecule has 96 valence electrons. The van der Waals surface area contributed by atoms with Crippen LogP contribution in [0.3, 0.4) is 0 Å². The van der Waals surface area contributed by atoms with Gasteiger partial charge in [0.1, 0.15) is 11.9 Å². The van der Waals surface area contributed by atoms with Crippen molar-refractivity contribution in [3.8, 4) is 0 Å². The topological polar surface area (TPSA) is 66.5 Å². The highest BCUT2D eigenvalue weighted by molar-refractivity contribution is 5.86. The highest BCUT2D eigenvalue weighted by Gasteiger charge is 2.20. The molecule has 0 aromatic heterocycles.